The summed E-state index contributed by atoms with van der Waals surface area (Å²) in [6, 6.07) is 16.2. The summed E-state index contributed by atoms with van der Waals surface area (Å²) in [6.45, 7) is 6.09. The van der Waals surface area contributed by atoms with Gasteiger partial charge in [0.05, 0.1) is 5.56 Å². The van der Waals surface area contributed by atoms with Crippen LogP contribution in [0.5, 0.6) is 11.5 Å². The largest absolute Gasteiger partial charge is 0.488 e. The predicted molar refractivity (Wildman–Crippen MR) is 155 cm³/mol. The number of nitrogen functional groups attached to an aromatic ring is 1. The molecule has 2 aromatic heterocycles. The lowest BCUT2D eigenvalue weighted by Crippen LogP contribution is -2.36. The Bertz CT molecular complexity index is 1570. The zero-order valence-electron chi connectivity index (χ0n) is 22.8. The molecule has 1 fully saturated rings. The van der Waals surface area contributed by atoms with Gasteiger partial charge in [-0.05, 0) is 91.7 Å². The smallest absolute Gasteiger partial charge is 0.128 e. The van der Waals surface area contributed by atoms with Crippen molar-refractivity contribution in [3.05, 3.63) is 100.0 Å². The zero-order valence-corrected chi connectivity index (χ0v) is 22.8. The fourth-order valence-electron chi connectivity index (χ4n) is 5.65. The molecule has 1 aliphatic heterocycles. The minimum atomic E-state index is 0.352. The summed E-state index contributed by atoms with van der Waals surface area (Å²) < 4.78 is 13.0. The molecule has 202 valence electrons. The quantitative estimate of drug-likeness (QED) is 0.293. The average molecular weight is 532 g/mol. The van der Waals surface area contributed by atoms with Crippen LogP contribution in [-0.2, 0) is 32.6 Å². The predicted octanol–water partition coefficient (Wildman–Crippen LogP) is 5.76. The van der Waals surface area contributed by atoms with Crippen LogP contribution >= 0.6 is 0 Å². The van der Waals surface area contributed by atoms with Crippen molar-refractivity contribution in [3.63, 3.8) is 0 Å². The van der Waals surface area contributed by atoms with Crippen molar-refractivity contribution in [3.8, 4) is 28.7 Å². The Labute approximate surface area is 235 Å². The number of nitriles is 1. The third kappa shape index (κ3) is 5.36. The van der Waals surface area contributed by atoms with Gasteiger partial charge in [-0.1, -0.05) is 18.2 Å². The standard InChI is InChI=1S/C33H33N5O2/c1-22-26(5-2-6-27(22)25-9-10-33(35)37-18-25)21-40-31-14-32(39-20-24-13-23(15-34)16-36-17-24)30(19-38-11-4-12-38)28-7-3-8-29(28)31/h2,5-6,9-10,13-14,16-18H,3-4,7-8,11-12,19-21H2,1H3,(H2,35,37). The Morgan fingerprint density at radius 3 is 2.58 bits per heavy atom. The first-order valence-electron chi connectivity index (χ1n) is 13.9. The molecule has 3 heterocycles. The van der Waals surface area contributed by atoms with E-state index in [1.807, 2.05) is 24.4 Å². The summed E-state index contributed by atoms with van der Waals surface area (Å²) in [5, 5.41) is 9.27. The molecular weight excluding hydrogens is 498 g/mol. The molecule has 1 saturated heterocycles. The Hall–Kier alpha value is -4.41. The molecule has 2 aliphatic rings. The molecule has 6 rings (SSSR count). The lowest BCUT2D eigenvalue weighted by molar-refractivity contribution is 0.168. The highest BCUT2D eigenvalue weighted by Crippen LogP contribution is 2.41. The number of likely N-dealkylation sites (tertiary alicyclic amines) is 1. The van der Waals surface area contributed by atoms with Crippen LogP contribution in [0, 0.1) is 18.3 Å². The van der Waals surface area contributed by atoms with Crippen LogP contribution < -0.4 is 15.2 Å². The Morgan fingerprint density at radius 2 is 1.80 bits per heavy atom. The fraction of sp³-hybridized carbons (Fsp3) is 0.303. The number of benzene rings is 2. The minimum Gasteiger partial charge on any atom is -0.488 e. The van der Waals surface area contributed by atoms with Gasteiger partial charge >= 0.3 is 0 Å². The van der Waals surface area contributed by atoms with Crippen LogP contribution in [0.1, 0.15) is 51.8 Å². The van der Waals surface area contributed by atoms with E-state index >= 15 is 0 Å². The number of fused-ring (bicyclic) bond motifs is 1. The van der Waals surface area contributed by atoms with Gasteiger partial charge in [0.25, 0.3) is 0 Å². The van der Waals surface area contributed by atoms with Crippen molar-refractivity contribution in [1.29, 1.82) is 5.26 Å². The average Bonchev–Trinajstić information content (AvgIpc) is 3.45. The van der Waals surface area contributed by atoms with E-state index in [0.717, 1.165) is 72.6 Å². The molecule has 0 atom stereocenters. The molecule has 0 saturated carbocycles. The molecular formula is C33H33N5O2. The highest BCUT2D eigenvalue weighted by atomic mass is 16.5. The number of hydrogen-bond acceptors (Lipinski definition) is 7. The van der Waals surface area contributed by atoms with E-state index in [2.05, 4.69) is 52.1 Å². The number of nitrogens with zero attached hydrogens (tertiary/aromatic N) is 4. The molecule has 7 nitrogen and oxygen atoms in total. The first-order chi connectivity index (χ1) is 19.6. The first-order valence-corrected chi connectivity index (χ1v) is 13.9. The van der Waals surface area contributed by atoms with Crippen molar-refractivity contribution in [2.75, 3.05) is 18.8 Å². The van der Waals surface area contributed by atoms with Crippen molar-refractivity contribution in [2.24, 2.45) is 0 Å². The van der Waals surface area contributed by atoms with Crippen molar-refractivity contribution in [2.45, 2.75) is 52.4 Å². The van der Waals surface area contributed by atoms with E-state index in [1.165, 1.54) is 28.7 Å². The minimum absolute atomic E-state index is 0.352. The molecule has 4 aromatic rings. The maximum atomic E-state index is 9.27. The van der Waals surface area contributed by atoms with E-state index in [4.69, 9.17) is 15.2 Å². The molecule has 0 unspecified atom stereocenters. The maximum absolute atomic E-state index is 9.27. The second-order valence-electron chi connectivity index (χ2n) is 10.6. The van der Waals surface area contributed by atoms with Gasteiger partial charge in [-0.3, -0.25) is 9.88 Å². The highest BCUT2D eigenvalue weighted by molar-refractivity contribution is 5.68. The van der Waals surface area contributed by atoms with Crippen LogP contribution in [-0.4, -0.2) is 28.0 Å². The molecule has 1 aliphatic carbocycles. The van der Waals surface area contributed by atoms with E-state index in [1.54, 1.807) is 12.4 Å². The van der Waals surface area contributed by atoms with Gasteiger partial charge in [-0.25, -0.2) is 4.98 Å². The van der Waals surface area contributed by atoms with Crippen molar-refractivity contribution >= 4 is 5.82 Å². The Kier molecular flexibility index (Phi) is 7.35. The maximum Gasteiger partial charge on any atom is 0.128 e. The number of nitrogens with two attached hydrogens (primary N) is 1. The lowest BCUT2D eigenvalue weighted by Gasteiger charge is -2.32. The molecule has 2 N–H and O–H groups in total. The van der Waals surface area contributed by atoms with E-state index in [-0.39, 0.29) is 0 Å². The molecule has 0 radical (unpaired) electrons. The summed E-state index contributed by atoms with van der Waals surface area (Å²) in [5.41, 5.74) is 15.6. The second-order valence-corrected chi connectivity index (χ2v) is 10.6. The summed E-state index contributed by atoms with van der Waals surface area (Å²) >= 11 is 0. The Morgan fingerprint density at radius 1 is 0.950 bits per heavy atom. The zero-order chi connectivity index (χ0) is 27.5. The fourth-order valence-corrected chi connectivity index (χ4v) is 5.65. The van der Waals surface area contributed by atoms with Gasteiger partial charge in [0.2, 0.25) is 0 Å². The van der Waals surface area contributed by atoms with Crippen LogP contribution in [0.15, 0.2) is 61.1 Å². The number of hydrogen-bond donors (Lipinski definition) is 1. The van der Waals surface area contributed by atoms with Crippen LogP contribution in [0.2, 0.25) is 0 Å². The number of aromatic nitrogens is 2. The highest BCUT2D eigenvalue weighted by Gasteiger charge is 2.26. The molecule has 0 bridgehead atoms. The van der Waals surface area contributed by atoms with Crippen molar-refractivity contribution < 1.29 is 9.47 Å². The van der Waals surface area contributed by atoms with E-state index in [9.17, 15) is 5.26 Å². The number of anilines is 1. The third-order valence-corrected chi connectivity index (χ3v) is 8.01. The Balaban J connectivity index is 1.29. The summed E-state index contributed by atoms with van der Waals surface area (Å²) in [7, 11) is 0. The van der Waals surface area contributed by atoms with Crippen LogP contribution in [0.4, 0.5) is 5.82 Å². The third-order valence-electron chi connectivity index (χ3n) is 8.01. The van der Waals surface area contributed by atoms with Gasteiger partial charge in [0, 0.05) is 47.9 Å². The van der Waals surface area contributed by atoms with E-state index < -0.39 is 0 Å². The molecule has 0 spiro atoms. The van der Waals surface area contributed by atoms with Gasteiger partial charge in [-0.15, -0.1) is 0 Å². The number of ether oxygens (including phenoxy) is 2. The number of rotatable bonds is 9. The van der Waals surface area contributed by atoms with E-state index in [0.29, 0.717) is 24.6 Å². The summed E-state index contributed by atoms with van der Waals surface area (Å²) in [5.74, 6) is 2.28. The van der Waals surface area contributed by atoms with Gasteiger partial charge < -0.3 is 15.2 Å². The van der Waals surface area contributed by atoms with Gasteiger partial charge in [0.1, 0.15) is 36.6 Å². The summed E-state index contributed by atoms with van der Waals surface area (Å²) in [6.07, 6.45) is 9.57. The molecule has 40 heavy (non-hydrogen) atoms. The van der Waals surface area contributed by atoms with Crippen molar-refractivity contribution in [1.82, 2.24) is 14.9 Å². The van der Waals surface area contributed by atoms with Gasteiger partial charge in [-0.2, -0.15) is 5.26 Å². The van der Waals surface area contributed by atoms with Gasteiger partial charge in [0.15, 0.2) is 0 Å². The number of pyridine rings is 2. The van der Waals surface area contributed by atoms with Crippen LogP contribution in [0.25, 0.3) is 11.1 Å². The van der Waals surface area contributed by atoms with Crippen LogP contribution in [0.3, 0.4) is 0 Å². The first kappa shape index (κ1) is 25.8. The summed E-state index contributed by atoms with van der Waals surface area (Å²) in [4.78, 5) is 10.9. The molecule has 7 heteroatoms. The topological polar surface area (TPSA) is 97.3 Å². The molecule has 2 aromatic carbocycles. The SMILES string of the molecule is Cc1c(COc2cc(OCc3cncc(C#N)c3)c(CN3CCC3)c3c2CCC3)cccc1-c1ccc(N)nc1. The second kappa shape index (κ2) is 11.4. The normalized spacial score (nSPS) is 14.3. The molecule has 0 amide bonds. The monoisotopic (exact) mass is 531 g/mol. The lowest BCUT2D eigenvalue weighted by atomic mass is 9.97.